The van der Waals surface area contributed by atoms with Crippen molar-refractivity contribution in [2.24, 2.45) is 0 Å². The normalized spacial score (nSPS) is 13.3. The van der Waals surface area contributed by atoms with E-state index in [-0.39, 0.29) is 22.9 Å². The van der Waals surface area contributed by atoms with Crippen LogP contribution in [0.4, 0.5) is 5.69 Å². The lowest BCUT2D eigenvalue weighted by Crippen LogP contribution is -2.52. The number of hydrogen-bond acceptors (Lipinski definition) is 4. The third kappa shape index (κ3) is 3.54. The third-order valence-electron chi connectivity index (χ3n) is 3.17. The lowest BCUT2D eigenvalue weighted by atomic mass is 9.93. The van der Waals surface area contributed by atoms with Crippen LogP contribution in [0.25, 0.3) is 0 Å². The quantitative estimate of drug-likeness (QED) is 0.496. The van der Waals surface area contributed by atoms with E-state index in [2.05, 4.69) is 5.32 Å². The molecule has 0 aliphatic rings. The van der Waals surface area contributed by atoms with E-state index in [9.17, 15) is 19.7 Å². The standard InChI is InChI=1S/C13H15ClN2O4/c1-3-13(2,11(17)8-14)15-12(18)9-4-6-10(7-5-9)16(19)20/h4-7H,3,8H2,1-2H3,(H,15,18). The molecule has 0 heterocycles. The first-order valence-electron chi connectivity index (χ1n) is 6.00. The number of carbonyl (C=O) groups excluding carboxylic acids is 2. The van der Waals surface area contributed by atoms with Gasteiger partial charge in [-0.25, -0.2) is 0 Å². The summed E-state index contributed by atoms with van der Waals surface area (Å²) in [4.78, 5) is 33.8. The summed E-state index contributed by atoms with van der Waals surface area (Å²) in [5.41, 5.74) is -0.894. The Morgan fingerprint density at radius 3 is 2.30 bits per heavy atom. The van der Waals surface area contributed by atoms with Crippen LogP contribution in [0.2, 0.25) is 0 Å². The fourth-order valence-corrected chi connectivity index (χ4v) is 1.85. The molecule has 0 spiro atoms. The third-order valence-corrected chi connectivity index (χ3v) is 3.42. The summed E-state index contributed by atoms with van der Waals surface area (Å²) in [5.74, 6) is -0.940. The molecular formula is C13H15ClN2O4. The Morgan fingerprint density at radius 2 is 1.90 bits per heavy atom. The summed E-state index contributed by atoms with van der Waals surface area (Å²) in [6.07, 6.45) is 0.400. The van der Waals surface area contributed by atoms with Crippen molar-refractivity contribution in [2.45, 2.75) is 25.8 Å². The maximum Gasteiger partial charge on any atom is 0.269 e. The van der Waals surface area contributed by atoms with Gasteiger partial charge in [0.15, 0.2) is 5.78 Å². The molecule has 0 bridgehead atoms. The van der Waals surface area contributed by atoms with Crippen molar-refractivity contribution in [3.63, 3.8) is 0 Å². The lowest BCUT2D eigenvalue weighted by molar-refractivity contribution is -0.384. The van der Waals surface area contributed by atoms with Gasteiger partial charge in [-0.1, -0.05) is 6.92 Å². The predicted molar refractivity (Wildman–Crippen MR) is 75.0 cm³/mol. The van der Waals surface area contributed by atoms with Crippen molar-refractivity contribution >= 4 is 29.0 Å². The second-order valence-corrected chi connectivity index (χ2v) is 4.77. The van der Waals surface area contributed by atoms with E-state index < -0.39 is 16.4 Å². The zero-order valence-corrected chi connectivity index (χ0v) is 11.9. The second kappa shape index (κ2) is 6.47. The molecule has 0 saturated heterocycles. The summed E-state index contributed by atoms with van der Waals surface area (Å²) < 4.78 is 0. The highest BCUT2D eigenvalue weighted by Gasteiger charge is 2.32. The van der Waals surface area contributed by atoms with Crippen LogP contribution in [0, 0.1) is 10.1 Å². The molecule has 1 N–H and O–H groups in total. The second-order valence-electron chi connectivity index (χ2n) is 4.50. The molecule has 7 heteroatoms. The number of alkyl halides is 1. The van der Waals surface area contributed by atoms with Crippen molar-refractivity contribution in [3.8, 4) is 0 Å². The molecule has 0 saturated carbocycles. The van der Waals surface area contributed by atoms with Crippen LogP contribution in [0.5, 0.6) is 0 Å². The Bertz CT molecular complexity index is 530. The van der Waals surface area contributed by atoms with E-state index in [1.54, 1.807) is 13.8 Å². The Balaban J connectivity index is 2.90. The van der Waals surface area contributed by atoms with Crippen molar-refractivity contribution in [1.29, 1.82) is 0 Å². The van der Waals surface area contributed by atoms with Crippen molar-refractivity contribution in [1.82, 2.24) is 5.32 Å². The molecule has 20 heavy (non-hydrogen) atoms. The first-order valence-corrected chi connectivity index (χ1v) is 6.53. The molecule has 1 aromatic carbocycles. The first kappa shape index (κ1) is 16.1. The number of ketones is 1. The van der Waals surface area contributed by atoms with Gasteiger partial charge in [0.1, 0.15) is 0 Å². The number of rotatable bonds is 6. The number of benzene rings is 1. The summed E-state index contributed by atoms with van der Waals surface area (Å²) in [5, 5.41) is 13.1. The lowest BCUT2D eigenvalue weighted by Gasteiger charge is -2.27. The van der Waals surface area contributed by atoms with Crippen LogP contribution in [0.1, 0.15) is 30.6 Å². The number of carbonyl (C=O) groups is 2. The zero-order chi connectivity index (χ0) is 15.3. The average Bonchev–Trinajstić information content (AvgIpc) is 2.46. The summed E-state index contributed by atoms with van der Waals surface area (Å²) >= 11 is 5.52. The molecule has 6 nitrogen and oxygen atoms in total. The summed E-state index contributed by atoms with van der Waals surface area (Å²) in [6, 6.07) is 5.16. The number of amides is 1. The molecule has 1 unspecified atom stereocenters. The monoisotopic (exact) mass is 298 g/mol. The first-order chi connectivity index (χ1) is 9.34. The van der Waals surface area contributed by atoms with Crippen LogP contribution in [0.15, 0.2) is 24.3 Å². The molecule has 1 atom stereocenters. The largest absolute Gasteiger partial charge is 0.340 e. The number of hydrogen-bond donors (Lipinski definition) is 1. The van der Waals surface area contributed by atoms with Crippen LogP contribution in [-0.4, -0.2) is 28.0 Å². The van der Waals surface area contributed by atoms with Crippen molar-refractivity contribution in [3.05, 3.63) is 39.9 Å². The molecular weight excluding hydrogens is 284 g/mol. The number of nitro benzene ring substituents is 1. The van der Waals surface area contributed by atoms with E-state index in [1.807, 2.05) is 0 Å². The van der Waals surface area contributed by atoms with Gasteiger partial charge >= 0.3 is 0 Å². The van der Waals surface area contributed by atoms with E-state index in [1.165, 1.54) is 24.3 Å². The van der Waals surface area contributed by atoms with Crippen molar-refractivity contribution < 1.29 is 14.5 Å². The molecule has 108 valence electrons. The van der Waals surface area contributed by atoms with Crippen LogP contribution < -0.4 is 5.32 Å². The molecule has 0 aliphatic carbocycles. The maximum atomic E-state index is 12.0. The molecule has 1 amide bonds. The Morgan fingerprint density at radius 1 is 1.35 bits per heavy atom. The van der Waals surface area contributed by atoms with Gasteiger partial charge in [-0.2, -0.15) is 0 Å². The van der Waals surface area contributed by atoms with Crippen LogP contribution in [0.3, 0.4) is 0 Å². The molecule has 0 aliphatic heterocycles. The highest BCUT2D eigenvalue weighted by molar-refractivity contribution is 6.29. The maximum absolute atomic E-state index is 12.0. The van der Waals surface area contributed by atoms with Gasteiger partial charge in [0.25, 0.3) is 11.6 Å². The molecule has 0 fully saturated rings. The number of halogens is 1. The van der Waals surface area contributed by atoms with Gasteiger partial charge < -0.3 is 5.32 Å². The van der Waals surface area contributed by atoms with E-state index in [0.29, 0.717) is 6.42 Å². The molecule has 1 rings (SSSR count). The van der Waals surface area contributed by atoms with Crippen LogP contribution in [-0.2, 0) is 4.79 Å². The fraction of sp³-hybridized carbons (Fsp3) is 0.385. The molecule has 1 aromatic rings. The van der Waals surface area contributed by atoms with E-state index in [4.69, 9.17) is 11.6 Å². The minimum absolute atomic E-state index is 0.100. The van der Waals surface area contributed by atoms with Gasteiger partial charge in [0, 0.05) is 17.7 Å². The SMILES string of the molecule is CCC(C)(NC(=O)c1ccc([N+](=O)[O-])cc1)C(=O)CCl. The predicted octanol–water partition coefficient (Wildman–Crippen LogP) is 2.30. The van der Waals surface area contributed by atoms with Gasteiger partial charge in [-0.3, -0.25) is 19.7 Å². The van der Waals surface area contributed by atoms with Gasteiger partial charge in [0.2, 0.25) is 0 Å². The fourth-order valence-electron chi connectivity index (χ4n) is 1.56. The van der Waals surface area contributed by atoms with Crippen LogP contribution >= 0.6 is 11.6 Å². The van der Waals surface area contributed by atoms with E-state index in [0.717, 1.165) is 0 Å². The van der Waals surface area contributed by atoms with Gasteiger partial charge in [-0.05, 0) is 25.5 Å². The Labute approximate surface area is 121 Å². The molecule has 0 aromatic heterocycles. The Hall–Kier alpha value is -1.95. The molecule has 0 radical (unpaired) electrons. The van der Waals surface area contributed by atoms with Gasteiger partial charge in [0.05, 0.1) is 16.3 Å². The number of non-ortho nitro benzene ring substituents is 1. The minimum atomic E-state index is -1.04. The summed E-state index contributed by atoms with van der Waals surface area (Å²) in [6.45, 7) is 3.36. The minimum Gasteiger partial charge on any atom is -0.340 e. The highest BCUT2D eigenvalue weighted by Crippen LogP contribution is 2.15. The number of nitrogens with zero attached hydrogens (tertiary/aromatic N) is 1. The number of nitro groups is 1. The highest BCUT2D eigenvalue weighted by atomic mass is 35.5. The topological polar surface area (TPSA) is 89.3 Å². The van der Waals surface area contributed by atoms with Crippen molar-refractivity contribution in [2.75, 3.05) is 5.88 Å². The number of Topliss-reactive ketones (excluding diaryl/α,β-unsaturated/α-hetero) is 1. The van der Waals surface area contributed by atoms with Gasteiger partial charge in [-0.15, -0.1) is 11.6 Å². The number of nitrogens with one attached hydrogen (secondary N) is 1. The average molecular weight is 299 g/mol. The Kier molecular flexibility index (Phi) is 5.21. The zero-order valence-electron chi connectivity index (χ0n) is 11.2. The smallest absolute Gasteiger partial charge is 0.269 e. The van der Waals surface area contributed by atoms with E-state index >= 15 is 0 Å². The summed E-state index contributed by atoms with van der Waals surface area (Å²) in [7, 11) is 0.